The summed E-state index contributed by atoms with van der Waals surface area (Å²) >= 11 is 0. The summed E-state index contributed by atoms with van der Waals surface area (Å²) in [7, 11) is 0. The molecule has 0 spiro atoms. The first-order valence-corrected chi connectivity index (χ1v) is 15.9. The summed E-state index contributed by atoms with van der Waals surface area (Å²) in [5.41, 5.74) is 1.92. The zero-order chi connectivity index (χ0) is 35.2. The normalized spacial score (nSPS) is 20.5. The summed E-state index contributed by atoms with van der Waals surface area (Å²) in [6, 6.07) is 4.23. The van der Waals surface area contributed by atoms with E-state index in [-0.39, 0.29) is 40.7 Å². The molecule has 2 aliphatic rings. The molecule has 1 N–H and O–H groups in total. The van der Waals surface area contributed by atoms with E-state index >= 15 is 4.39 Å². The molecule has 14 heteroatoms. The third-order valence-electron chi connectivity index (χ3n) is 9.94. The van der Waals surface area contributed by atoms with Crippen LogP contribution in [0.25, 0.3) is 27.7 Å². The molecule has 1 saturated carbocycles. The van der Waals surface area contributed by atoms with Gasteiger partial charge < -0.3 is 14.8 Å². The second-order valence-corrected chi connectivity index (χ2v) is 13.5. The Hall–Kier alpha value is -5.14. The van der Waals surface area contributed by atoms with Crippen LogP contribution in [0, 0.1) is 32.0 Å². The molecule has 10 nitrogen and oxygen atoms in total. The number of benzene rings is 1. The minimum Gasteiger partial charge on any atom is -0.337 e. The van der Waals surface area contributed by atoms with Gasteiger partial charge in [0.2, 0.25) is 11.8 Å². The number of hydrogen-bond donors (Lipinski definition) is 1. The van der Waals surface area contributed by atoms with Crippen molar-refractivity contribution in [1.29, 1.82) is 0 Å². The van der Waals surface area contributed by atoms with Gasteiger partial charge in [0.05, 0.1) is 11.2 Å². The monoisotopic (exact) mass is 675 g/mol. The number of hydrogen-bond acceptors (Lipinski definition) is 6. The van der Waals surface area contributed by atoms with Crippen molar-refractivity contribution in [2.75, 3.05) is 5.32 Å². The van der Waals surface area contributed by atoms with Crippen LogP contribution in [-0.4, -0.2) is 58.7 Å². The first-order valence-electron chi connectivity index (χ1n) is 15.9. The predicted octanol–water partition coefficient (Wildman–Crippen LogP) is 6.44. The molecule has 4 aromatic heterocycles. The number of carbonyl (C=O) groups excluding carboxylic acids is 3. The zero-order valence-electron chi connectivity index (χ0n) is 27.4. The minimum absolute atomic E-state index is 0.195. The van der Waals surface area contributed by atoms with Crippen LogP contribution in [0.3, 0.4) is 0 Å². The third kappa shape index (κ3) is 5.52. The Bertz CT molecular complexity index is 2220. The first kappa shape index (κ1) is 32.4. The van der Waals surface area contributed by atoms with Gasteiger partial charge in [-0.15, -0.1) is 0 Å². The van der Waals surface area contributed by atoms with E-state index in [0.717, 1.165) is 11.8 Å². The van der Waals surface area contributed by atoms with E-state index in [1.807, 2.05) is 13.8 Å². The maximum absolute atomic E-state index is 16.2. The molecule has 49 heavy (non-hydrogen) atoms. The molecule has 1 saturated heterocycles. The fourth-order valence-corrected chi connectivity index (χ4v) is 7.15. The van der Waals surface area contributed by atoms with Crippen molar-refractivity contribution in [3.63, 3.8) is 0 Å². The Kier molecular flexibility index (Phi) is 7.41. The number of rotatable bonds is 6. The van der Waals surface area contributed by atoms with Gasteiger partial charge in [-0.3, -0.25) is 14.4 Å². The van der Waals surface area contributed by atoms with E-state index in [1.54, 1.807) is 36.0 Å². The molecular formula is C35H33F4N7O3. The standard InChI is InChI=1S/C35H33F4N7O3/c1-17-6-7-26(35(37,38)39)41-32(17)42-33(49)25-8-9-34(5)12-27(34)46(25)29(48)16-44-15-24(20(4)47)23-11-22(30(36)19(3)31(23)44)21-13-40-28-10-18(2)43-45(28)14-21/h6-7,10-11,13-15,25,27H,8-9,12,16H2,1-5H3,(H,41,42,49)/t25-,27+,34-/m0/s1. The van der Waals surface area contributed by atoms with Crippen molar-refractivity contribution in [3.05, 3.63) is 76.8 Å². The van der Waals surface area contributed by atoms with Gasteiger partial charge in [0.15, 0.2) is 11.4 Å². The summed E-state index contributed by atoms with van der Waals surface area (Å²) in [5, 5.41) is 7.36. The number of halogens is 4. The number of likely N-dealkylation sites (tertiary alicyclic amines) is 1. The number of aryl methyl sites for hydroxylation is 3. The van der Waals surface area contributed by atoms with Crippen LogP contribution in [0.5, 0.6) is 0 Å². The highest BCUT2D eigenvalue weighted by atomic mass is 19.4. The van der Waals surface area contributed by atoms with Crippen molar-refractivity contribution < 1.29 is 31.9 Å². The van der Waals surface area contributed by atoms with Crippen LogP contribution in [0.4, 0.5) is 23.4 Å². The number of nitrogens with zero attached hydrogens (tertiary/aromatic N) is 6. The lowest BCUT2D eigenvalue weighted by Gasteiger charge is -2.37. The van der Waals surface area contributed by atoms with E-state index in [9.17, 15) is 27.6 Å². The molecule has 1 aliphatic carbocycles. The summed E-state index contributed by atoms with van der Waals surface area (Å²) in [6.07, 6.45) is 1.66. The fourth-order valence-electron chi connectivity index (χ4n) is 7.15. The summed E-state index contributed by atoms with van der Waals surface area (Å²) in [4.78, 5) is 50.2. The number of aromatic nitrogens is 5. The molecule has 1 aromatic carbocycles. The van der Waals surface area contributed by atoms with E-state index in [4.69, 9.17) is 0 Å². The van der Waals surface area contributed by atoms with E-state index in [0.29, 0.717) is 52.5 Å². The van der Waals surface area contributed by atoms with Gasteiger partial charge in [0.1, 0.15) is 29.9 Å². The summed E-state index contributed by atoms with van der Waals surface area (Å²) < 4.78 is 59.3. The molecule has 0 unspecified atom stereocenters. The lowest BCUT2D eigenvalue weighted by atomic mass is 9.92. The van der Waals surface area contributed by atoms with Crippen LogP contribution in [0.1, 0.15) is 66.0 Å². The summed E-state index contributed by atoms with van der Waals surface area (Å²) in [6.45, 7) is 8.07. The highest BCUT2D eigenvalue weighted by molar-refractivity contribution is 6.09. The minimum atomic E-state index is -4.70. The lowest BCUT2D eigenvalue weighted by Crippen LogP contribution is -2.53. The van der Waals surface area contributed by atoms with Gasteiger partial charge in [-0.2, -0.15) is 18.3 Å². The fraction of sp³-hybridized carbons (Fsp3) is 0.371. The van der Waals surface area contributed by atoms with Gasteiger partial charge in [-0.25, -0.2) is 18.9 Å². The quantitative estimate of drug-likeness (QED) is 0.164. The van der Waals surface area contributed by atoms with Gasteiger partial charge in [-0.1, -0.05) is 13.0 Å². The number of fused-ring (bicyclic) bond motifs is 3. The smallest absolute Gasteiger partial charge is 0.337 e. The third-order valence-corrected chi connectivity index (χ3v) is 9.94. The average Bonchev–Trinajstić information content (AvgIpc) is 3.37. The Morgan fingerprint density at radius 2 is 1.86 bits per heavy atom. The molecule has 254 valence electrons. The van der Waals surface area contributed by atoms with Crippen molar-refractivity contribution in [2.45, 2.75) is 78.7 Å². The number of nitrogens with one attached hydrogen (secondary N) is 1. The Morgan fingerprint density at radius 3 is 2.57 bits per heavy atom. The molecule has 2 fully saturated rings. The SMILES string of the molecule is CC(=O)c1cn(CC(=O)N2[C@H](C(=O)Nc3nc(C(F)(F)F)ccc3C)CC[C@@]3(C)C[C@@H]23)c2c(C)c(F)c(-c3cnc4cc(C)nn4c3)cc12. The number of amides is 2. The predicted molar refractivity (Wildman–Crippen MR) is 172 cm³/mol. The maximum Gasteiger partial charge on any atom is 0.433 e. The van der Waals surface area contributed by atoms with Gasteiger partial charge in [0, 0.05) is 58.3 Å². The van der Waals surface area contributed by atoms with Crippen LogP contribution >= 0.6 is 0 Å². The molecule has 0 bridgehead atoms. The zero-order valence-corrected chi connectivity index (χ0v) is 27.4. The summed E-state index contributed by atoms with van der Waals surface area (Å²) in [5.74, 6) is -2.12. The van der Waals surface area contributed by atoms with Gasteiger partial charge in [0.25, 0.3) is 0 Å². The first-order chi connectivity index (χ1) is 23.1. The molecule has 7 rings (SSSR count). The molecule has 0 radical (unpaired) electrons. The molecule has 2 amide bonds. The Morgan fingerprint density at radius 1 is 1.10 bits per heavy atom. The Labute approximate surface area is 278 Å². The van der Waals surface area contributed by atoms with Crippen molar-refractivity contribution in [1.82, 2.24) is 29.0 Å². The molecule has 5 heterocycles. The van der Waals surface area contributed by atoms with Gasteiger partial charge >= 0.3 is 6.18 Å². The largest absolute Gasteiger partial charge is 0.433 e. The van der Waals surface area contributed by atoms with E-state index < -0.39 is 35.5 Å². The number of piperidine rings is 1. The van der Waals surface area contributed by atoms with Crippen molar-refractivity contribution >= 4 is 40.0 Å². The average molecular weight is 676 g/mol. The molecule has 3 atom stereocenters. The number of Topliss-reactive ketones (excluding diaryl/α,β-unsaturated/α-hetero) is 1. The highest BCUT2D eigenvalue weighted by Gasteiger charge is 2.60. The van der Waals surface area contributed by atoms with Crippen LogP contribution in [0.15, 0.2) is 42.9 Å². The second kappa shape index (κ2) is 11.2. The number of alkyl halides is 3. The van der Waals surface area contributed by atoms with E-state index in [2.05, 4.69) is 20.4 Å². The molecular weight excluding hydrogens is 642 g/mol. The topological polar surface area (TPSA) is 114 Å². The lowest BCUT2D eigenvalue weighted by molar-refractivity contribution is -0.142. The number of anilines is 1. The second-order valence-electron chi connectivity index (χ2n) is 13.5. The Balaban J connectivity index is 1.23. The molecule has 5 aromatic rings. The van der Waals surface area contributed by atoms with Crippen LogP contribution < -0.4 is 5.32 Å². The maximum atomic E-state index is 16.2. The van der Waals surface area contributed by atoms with Crippen molar-refractivity contribution in [2.24, 2.45) is 5.41 Å². The number of ketones is 1. The van der Waals surface area contributed by atoms with E-state index in [1.165, 1.54) is 35.6 Å². The number of pyridine rings is 1. The molecule has 1 aliphatic heterocycles. The van der Waals surface area contributed by atoms with Crippen LogP contribution in [-0.2, 0) is 22.3 Å². The number of carbonyl (C=O) groups is 3. The van der Waals surface area contributed by atoms with Crippen LogP contribution in [0.2, 0.25) is 0 Å². The van der Waals surface area contributed by atoms with Gasteiger partial charge in [-0.05, 0) is 70.1 Å². The van der Waals surface area contributed by atoms with Crippen molar-refractivity contribution in [3.8, 4) is 11.1 Å². The highest BCUT2D eigenvalue weighted by Crippen LogP contribution is 2.57.